The SMILES string of the molecule is Cc1cccc(C(N(C)C)C2(CN)CC2)c1. The van der Waals surface area contributed by atoms with E-state index in [2.05, 4.69) is 50.2 Å². The molecule has 0 saturated heterocycles. The van der Waals surface area contributed by atoms with Crippen molar-refractivity contribution in [3.8, 4) is 0 Å². The van der Waals surface area contributed by atoms with Gasteiger partial charge in [-0.1, -0.05) is 29.8 Å². The zero-order valence-corrected chi connectivity index (χ0v) is 10.5. The lowest BCUT2D eigenvalue weighted by Crippen LogP contribution is -2.33. The Kier molecular flexibility index (Phi) is 3.04. The van der Waals surface area contributed by atoms with Crippen molar-refractivity contribution in [3.05, 3.63) is 35.4 Å². The fraction of sp³-hybridized carbons (Fsp3) is 0.571. The average molecular weight is 218 g/mol. The van der Waals surface area contributed by atoms with Crippen LogP contribution in [0.4, 0.5) is 0 Å². The van der Waals surface area contributed by atoms with Gasteiger partial charge in [-0.05, 0) is 46.0 Å². The van der Waals surface area contributed by atoms with Gasteiger partial charge in [-0.25, -0.2) is 0 Å². The van der Waals surface area contributed by atoms with E-state index in [1.165, 1.54) is 24.0 Å². The van der Waals surface area contributed by atoms with E-state index < -0.39 is 0 Å². The Labute approximate surface area is 98.4 Å². The Morgan fingerprint density at radius 3 is 2.50 bits per heavy atom. The van der Waals surface area contributed by atoms with Gasteiger partial charge in [0.1, 0.15) is 0 Å². The second-order valence-electron chi connectivity index (χ2n) is 5.35. The summed E-state index contributed by atoms with van der Waals surface area (Å²) in [6.07, 6.45) is 2.53. The Morgan fingerprint density at radius 2 is 2.06 bits per heavy atom. The largest absolute Gasteiger partial charge is 0.330 e. The van der Waals surface area contributed by atoms with Crippen molar-refractivity contribution in [2.45, 2.75) is 25.8 Å². The van der Waals surface area contributed by atoms with Crippen LogP contribution >= 0.6 is 0 Å². The Hall–Kier alpha value is -0.860. The van der Waals surface area contributed by atoms with Gasteiger partial charge in [-0.3, -0.25) is 0 Å². The van der Waals surface area contributed by atoms with E-state index in [0.717, 1.165) is 6.54 Å². The summed E-state index contributed by atoms with van der Waals surface area (Å²) in [6, 6.07) is 9.29. The number of nitrogens with zero attached hydrogens (tertiary/aromatic N) is 1. The molecule has 1 unspecified atom stereocenters. The van der Waals surface area contributed by atoms with E-state index in [4.69, 9.17) is 5.73 Å². The van der Waals surface area contributed by atoms with Gasteiger partial charge in [-0.15, -0.1) is 0 Å². The van der Waals surface area contributed by atoms with Gasteiger partial charge in [0.2, 0.25) is 0 Å². The van der Waals surface area contributed by atoms with Crippen molar-refractivity contribution >= 4 is 0 Å². The van der Waals surface area contributed by atoms with Gasteiger partial charge >= 0.3 is 0 Å². The summed E-state index contributed by atoms with van der Waals surface area (Å²) in [6.45, 7) is 2.95. The predicted octanol–water partition coefficient (Wildman–Crippen LogP) is 2.34. The minimum Gasteiger partial charge on any atom is -0.330 e. The Balaban J connectivity index is 2.33. The molecule has 0 heterocycles. The molecule has 0 aromatic heterocycles. The number of hydrogen-bond acceptors (Lipinski definition) is 2. The van der Waals surface area contributed by atoms with Crippen molar-refractivity contribution in [1.29, 1.82) is 0 Å². The van der Waals surface area contributed by atoms with Crippen LogP contribution in [0.2, 0.25) is 0 Å². The van der Waals surface area contributed by atoms with Gasteiger partial charge < -0.3 is 10.6 Å². The van der Waals surface area contributed by atoms with Gasteiger partial charge in [0.15, 0.2) is 0 Å². The smallest absolute Gasteiger partial charge is 0.0410 e. The van der Waals surface area contributed by atoms with E-state index in [0.29, 0.717) is 11.5 Å². The zero-order chi connectivity index (χ0) is 11.8. The van der Waals surface area contributed by atoms with E-state index in [1.807, 2.05) is 0 Å². The molecule has 1 saturated carbocycles. The van der Waals surface area contributed by atoms with Crippen molar-refractivity contribution in [2.75, 3.05) is 20.6 Å². The van der Waals surface area contributed by atoms with Crippen LogP contribution in [0.5, 0.6) is 0 Å². The average Bonchev–Trinajstić information content (AvgIpc) is 2.99. The lowest BCUT2D eigenvalue weighted by Gasteiger charge is -2.32. The monoisotopic (exact) mass is 218 g/mol. The van der Waals surface area contributed by atoms with Crippen LogP contribution in [0, 0.1) is 12.3 Å². The fourth-order valence-corrected chi connectivity index (χ4v) is 2.79. The molecule has 2 heteroatoms. The molecule has 88 valence electrons. The van der Waals surface area contributed by atoms with Crippen LogP contribution < -0.4 is 5.73 Å². The number of nitrogens with two attached hydrogens (primary N) is 1. The molecular formula is C14H22N2. The summed E-state index contributed by atoms with van der Waals surface area (Å²) < 4.78 is 0. The maximum Gasteiger partial charge on any atom is 0.0410 e. The molecule has 1 aromatic rings. The third kappa shape index (κ3) is 2.00. The molecule has 0 amide bonds. The fourth-order valence-electron chi connectivity index (χ4n) is 2.79. The molecule has 1 aromatic carbocycles. The molecule has 0 aliphatic heterocycles. The van der Waals surface area contributed by atoms with Crippen molar-refractivity contribution in [3.63, 3.8) is 0 Å². The minimum absolute atomic E-state index is 0.331. The van der Waals surface area contributed by atoms with E-state index >= 15 is 0 Å². The van der Waals surface area contributed by atoms with Gasteiger partial charge in [0.05, 0.1) is 0 Å². The molecule has 0 spiro atoms. The van der Waals surface area contributed by atoms with Gasteiger partial charge in [-0.2, -0.15) is 0 Å². The zero-order valence-electron chi connectivity index (χ0n) is 10.5. The standard InChI is InChI=1S/C14H22N2/c1-11-5-4-6-12(9-11)13(16(2)3)14(10-15)7-8-14/h4-6,9,13H,7-8,10,15H2,1-3H3. The summed E-state index contributed by atoms with van der Waals surface area (Å²) in [5, 5.41) is 0. The molecule has 1 fully saturated rings. The second-order valence-corrected chi connectivity index (χ2v) is 5.35. The first-order valence-corrected chi connectivity index (χ1v) is 6.02. The first-order chi connectivity index (χ1) is 7.59. The third-order valence-electron chi connectivity index (χ3n) is 3.75. The first kappa shape index (κ1) is 11.6. The molecule has 2 nitrogen and oxygen atoms in total. The molecule has 0 bridgehead atoms. The maximum atomic E-state index is 5.96. The number of rotatable bonds is 4. The van der Waals surface area contributed by atoms with Crippen molar-refractivity contribution in [1.82, 2.24) is 4.90 Å². The number of aryl methyl sites for hydroxylation is 1. The third-order valence-corrected chi connectivity index (χ3v) is 3.75. The quantitative estimate of drug-likeness (QED) is 0.840. The molecule has 1 atom stereocenters. The van der Waals surface area contributed by atoms with E-state index in [9.17, 15) is 0 Å². The Bertz CT molecular complexity index is 367. The van der Waals surface area contributed by atoms with Crippen LogP contribution in [-0.4, -0.2) is 25.5 Å². The summed E-state index contributed by atoms with van der Waals surface area (Å²) in [5.41, 5.74) is 9.03. The lowest BCUT2D eigenvalue weighted by atomic mass is 9.88. The summed E-state index contributed by atoms with van der Waals surface area (Å²) >= 11 is 0. The minimum atomic E-state index is 0.331. The van der Waals surface area contributed by atoms with E-state index in [1.54, 1.807) is 0 Å². The Morgan fingerprint density at radius 1 is 1.38 bits per heavy atom. The van der Waals surface area contributed by atoms with Crippen LogP contribution in [0.25, 0.3) is 0 Å². The van der Waals surface area contributed by atoms with E-state index in [-0.39, 0.29) is 0 Å². The molecule has 2 N–H and O–H groups in total. The summed E-state index contributed by atoms with van der Waals surface area (Å²) in [4.78, 5) is 2.31. The van der Waals surface area contributed by atoms with Gasteiger partial charge in [0, 0.05) is 11.5 Å². The van der Waals surface area contributed by atoms with Crippen LogP contribution in [-0.2, 0) is 0 Å². The molecule has 0 radical (unpaired) electrons. The molecular weight excluding hydrogens is 196 g/mol. The summed E-state index contributed by atoms with van der Waals surface area (Å²) in [7, 11) is 4.31. The van der Waals surface area contributed by atoms with Gasteiger partial charge in [0.25, 0.3) is 0 Å². The maximum absolute atomic E-state index is 5.96. The highest BCUT2D eigenvalue weighted by atomic mass is 15.1. The molecule has 1 aliphatic carbocycles. The molecule has 2 rings (SSSR count). The van der Waals surface area contributed by atoms with Crippen LogP contribution in [0.3, 0.4) is 0 Å². The van der Waals surface area contributed by atoms with Crippen molar-refractivity contribution < 1.29 is 0 Å². The second kappa shape index (κ2) is 4.19. The van der Waals surface area contributed by atoms with Crippen LogP contribution in [0.1, 0.15) is 30.0 Å². The summed E-state index contributed by atoms with van der Waals surface area (Å²) in [5.74, 6) is 0. The normalized spacial score (nSPS) is 19.8. The topological polar surface area (TPSA) is 29.3 Å². The predicted molar refractivity (Wildman–Crippen MR) is 68.3 cm³/mol. The molecule has 1 aliphatic rings. The highest BCUT2D eigenvalue weighted by Gasteiger charge is 2.49. The lowest BCUT2D eigenvalue weighted by molar-refractivity contribution is 0.198. The highest BCUT2D eigenvalue weighted by molar-refractivity contribution is 5.28. The highest BCUT2D eigenvalue weighted by Crippen LogP contribution is 2.55. The van der Waals surface area contributed by atoms with Crippen molar-refractivity contribution in [2.24, 2.45) is 11.1 Å². The number of hydrogen-bond donors (Lipinski definition) is 1. The molecule has 16 heavy (non-hydrogen) atoms. The van der Waals surface area contributed by atoms with Crippen LogP contribution in [0.15, 0.2) is 24.3 Å². The first-order valence-electron chi connectivity index (χ1n) is 6.02. The number of benzene rings is 1.